The van der Waals surface area contributed by atoms with Gasteiger partial charge in [-0.3, -0.25) is 9.69 Å². The van der Waals surface area contributed by atoms with Crippen LogP contribution in [0.1, 0.15) is 41.1 Å². The van der Waals surface area contributed by atoms with Crippen LogP contribution >= 0.6 is 0 Å². The zero-order valence-electron chi connectivity index (χ0n) is 17.3. The van der Waals surface area contributed by atoms with Crippen LogP contribution in [-0.2, 0) is 24.2 Å². The van der Waals surface area contributed by atoms with Crippen LogP contribution in [0.4, 0.5) is 0 Å². The molecule has 4 heterocycles. The Labute approximate surface area is 176 Å². The number of nitrogens with zero attached hydrogens (tertiary/aromatic N) is 5. The van der Waals surface area contributed by atoms with Gasteiger partial charge in [-0.1, -0.05) is 0 Å². The molecule has 1 saturated heterocycles. The fraction of sp³-hybridized carbons (Fsp3) is 0.455. The summed E-state index contributed by atoms with van der Waals surface area (Å²) in [5.41, 5.74) is 9.51. The number of hydrogen-bond donors (Lipinski definition) is 2. The van der Waals surface area contributed by atoms with Crippen molar-refractivity contribution in [2.45, 2.75) is 32.2 Å². The maximum absolute atomic E-state index is 12.6. The summed E-state index contributed by atoms with van der Waals surface area (Å²) in [4.78, 5) is 29.4. The van der Waals surface area contributed by atoms with Crippen LogP contribution in [0.3, 0.4) is 0 Å². The molecule has 0 radical (unpaired) electrons. The number of rotatable bonds is 4. The lowest BCUT2D eigenvalue weighted by Crippen LogP contribution is -2.44. The van der Waals surface area contributed by atoms with Crippen molar-refractivity contribution in [3.63, 3.8) is 0 Å². The minimum absolute atomic E-state index is 0.193. The van der Waals surface area contributed by atoms with Crippen molar-refractivity contribution in [2.24, 2.45) is 5.10 Å². The normalized spacial score (nSPS) is 21.6. The molecule has 0 bridgehead atoms. The number of hydrogen-bond acceptors (Lipinski definition) is 6. The number of carbonyl (C=O) groups excluding carboxylic acids is 1. The van der Waals surface area contributed by atoms with E-state index in [-0.39, 0.29) is 5.91 Å². The van der Waals surface area contributed by atoms with E-state index < -0.39 is 0 Å². The van der Waals surface area contributed by atoms with E-state index in [1.54, 1.807) is 12.3 Å². The Morgan fingerprint density at radius 1 is 1.17 bits per heavy atom. The van der Waals surface area contributed by atoms with Crippen molar-refractivity contribution in [1.82, 2.24) is 30.2 Å². The van der Waals surface area contributed by atoms with Gasteiger partial charge < -0.3 is 9.88 Å². The number of hydrazone groups is 1. The quantitative estimate of drug-likeness (QED) is 0.750. The third-order valence-electron chi connectivity index (χ3n) is 6.30. The number of H-pyrrole nitrogens is 1. The highest BCUT2D eigenvalue weighted by molar-refractivity contribution is 6.32. The molecule has 156 valence electrons. The first-order valence-corrected chi connectivity index (χ1v) is 10.7. The first kappa shape index (κ1) is 19.1. The number of fused-ring (bicyclic) bond motifs is 1. The predicted molar refractivity (Wildman–Crippen MR) is 115 cm³/mol. The molecule has 2 aromatic rings. The number of nitrogens with one attached hydrogen (secondary N) is 2. The molecular formula is C22H27N7O. The molecule has 1 amide bonds. The number of carbonyl (C=O) groups is 1. The molecule has 0 atom stereocenters. The van der Waals surface area contributed by atoms with Gasteiger partial charge in [-0.25, -0.2) is 15.4 Å². The van der Waals surface area contributed by atoms with Crippen LogP contribution in [0.15, 0.2) is 29.3 Å². The van der Waals surface area contributed by atoms with E-state index in [1.807, 2.05) is 6.08 Å². The first-order chi connectivity index (χ1) is 14.7. The van der Waals surface area contributed by atoms with E-state index in [9.17, 15) is 4.79 Å². The Morgan fingerprint density at radius 2 is 2.00 bits per heavy atom. The summed E-state index contributed by atoms with van der Waals surface area (Å²) in [5.74, 6) is -0.193. The maximum atomic E-state index is 12.6. The van der Waals surface area contributed by atoms with E-state index in [0.717, 1.165) is 51.3 Å². The Kier molecular flexibility index (Phi) is 5.18. The Hall–Kier alpha value is -2.84. The molecule has 8 heteroatoms. The maximum Gasteiger partial charge on any atom is 0.273 e. The highest BCUT2D eigenvalue weighted by Gasteiger charge is 2.28. The molecule has 8 nitrogen and oxygen atoms in total. The fourth-order valence-corrected chi connectivity index (χ4v) is 4.55. The zero-order valence-corrected chi connectivity index (χ0v) is 17.3. The van der Waals surface area contributed by atoms with Crippen LogP contribution in [0.5, 0.6) is 0 Å². The number of aromatic amines is 1. The number of aryl methyl sites for hydroxylation is 1. The van der Waals surface area contributed by atoms with Gasteiger partial charge in [-0.2, -0.15) is 5.10 Å². The summed E-state index contributed by atoms with van der Waals surface area (Å²) in [6.07, 6.45) is 9.73. The lowest BCUT2D eigenvalue weighted by molar-refractivity contribution is -0.116. The molecule has 2 aliphatic heterocycles. The van der Waals surface area contributed by atoms with Crippen LogP contribution < -0.4 is 5.43 Å². The SMILES string of the molecule is CN1CCN(Cc2c(/C=C3/C(=O)NN=C3c3ccncn3)[nH]c3c2CCCC3)CC1. The van der Waals surface area contributed by atoms with Gasteiger partial charge in [-0.15, -0.1) is 0 Å². The van der Waals surface area contributed by atoms with Gasteiger partial charge in [0.05, 0.1) is 11.3 Å². The topological polar surface area (TPSA) is 89.5 Å². The summed E-state index contributed by atoms with van der Waals surface area (Å²) in [7, 11) is 2.18. The lowest BCUT2D eigenvalue weighted by Gasteiger charge is -2.32. The Morgan fingerprint density at radius 3 is 2.80 bits per heavy atom. The lowest BCUT2D eigenvalue weighted by atomic mass is 9.93. The predicted octanol–water partition coefficient (Wildman–Crippen LogP) is 1.35. The second-order valence-corrected chi connectivity index (χ2v) is 8.31. The first-order valence-electron chi connectivity index (χ1n) is 10.7. The van der Waals surface area contributed by atoms with Crippen LogP contribution in [-0.4, -0.2) is 69.6 Å². The van der Waals surface area contributed by atoms with Gasteiger partial charge in [0.1, 0.15) is 12.0 Å². The van der Waals surface area contributed by atoms with Crippen LogP contribution in [0.2, 0.25) is 0 Å². The van der Waals surface area contributed by atoms with E-state index in [1.165, 1.54) is 36.0 Å². The standard InChI is InChI=1S/C22H27N7O/c1-28-8-10-29(11-9-28)13-17-15-4-2-3-5-18(15)25-20(17)12-16-21(26-27-22(16)30)19-6-7-23-14-24-19/h6-7,12,14,25H,2-5,8-11,13H2,1H3,(H,27,30)/b16-12+. The van der Waals surface area contributed by atoms with Crippen molar-refractivity contribution in [1.29, 1.82) is 0 Å². The highest BCUT2D eigenvalue weighted by atomic mass is 16.2. The molecule has 30 heavy (non-hydrogen) atoms. The van der Waals surface area contributed by atoms with Gasteiger partial charge in [0, 0.05) is 50.3 Å². The van der Waals surface area contributed by atoms with Gasteiger partial charge in [-0.05, 0) is 56.0 Å². The van der Waals surface area contributed by atoms with Crippen molar-refractivity contribution in [2.75, 3.05) is 33.2 Å². The third-order valence-corrected chi connectivity index (χ3v) is 6.30. The highest BCUT2D eigenvalue weighted by Crippen LogP contribution is 2.30. The summed E-state index contributed by atoms with van der Waals surface area (Å²) in [6.45, 7) is 5.24. The molecule has 2 aromatic heterocycles. The van der Waals surface area contributed by atoms with Gasteiger partial charge in [0.2, 0.25) is 0 Å². The average molecular weight is 406 g/mol. The van der Waals surface area contributed by atoms with Crippen molar-refractivity contribution >= 4 is 17.7 Å². The second-order valence-electron chi connectivity index (χ2n) is 8.31. The smallest absolute Gasteiger partial charge is 0.273 e. The molecule has 1 fully saturated rings. The summed E-state index contributed by atoms with van der Waals surface area (Å²) >= 11 is 0. The zero-order chi connectivity index (χ0) is 20.5. The van der Waals surface area contributed by atoms with Gasteiger partial charge in [0.25, 0.3) is 5.91 Å². The van der Waals surface area contributed by atoms with Crippen molar-refractivity contribution < 1.29 is 4.79 Å². The molecule has 0 saturated carbocycles. The Bertz CT molecular complexity index is 1000. The largest absolute Gasteiger partial charge is 0.358 e. The molecule has 3 aliphatic rings. The number of piperazine rings is 1. The van der Waals surface area contributed by atoms with E-state index in [2.05, 4.69) is 42.3 Å². The van der Waals surface area contributed by atoms with Gasteiger partial charge >= 0.3 is 0 Å². The monoisotopic (exact) mass is 405 g/mol. The average Bonchev–Trinajstić information content (AvgIpc) is 3.31. The van der Waals surface area contributed by atoms with Crippen LogP contribution in [0.25, 0.3) is 6.08 Å². The summed E-state index contributed by atoms with van der Waals surface area (Å²) < 4.78 is 0. The molecule has 0 unspecified atom stereocenters. The molecular weight excluding hydrogens is 378 g/mol. The van der Waals surface area contributed by atoms with Crippen molar-refractivity contribution in [3.05, 3.63) is 52.4 Å². The summed E-state index contributed by atoms with van der Waals surface area (Å²) in [5, 5.41) is 4.23. The van der Waals surface area contributed by atoms with Crippen LogP contribution in [0, 0.1) is 0 Å². The van der Waals surface area contributed by atoms with Crippen molar-refractivity contribution in [3.8, 4) is 0 Å². The fourth-order valence-electron chi connectivity index (χ4n) is 4.55. The molecule has 1 aliphatic carbocycles. The third kappa shape index (κ3) is 3.68. The minimum Gasteiger partial charge on any atom is -0.358 e. The number of aromatic nitrogens is 3. The second kappa shape index (κ2) is 8.12. The number of amides is 1. The Balaban J connectivity index is 1.51. The van der Waals surface area contributed by atoms with E-state index >= 15 is 0 Å². The number of likely N-dealkylation sites (N-methyl/N-ethyl adjacent to an activating group) is 1. The summed E-state index contributed by atoms with van der Waals surface area (Å²) in [6, 6.07) is 1.78. The molecule has 0 spiro atoms. The molecule has 5 rings (SSSR count). The van der Waals surface area contributed by atoms with E-state index in [0.29, 0.717) is 17.0 Å². The molecule has 0 aromatic carbocycles. The molecule has 2 N–H and O–H groups in total. The van der Waals surface area contributed by atoms with Gasteiger partial charge in [0.15, 0.2) is 0 Å². The minimum atomic E-state index is -0.193. The van der Waals surface area contributed by atoms with E-state index in [4.69, 9.17) is 0 Å².